The van der Waals surface area contributed by atoms with Crippen LogP contribution in [0.15, 0.2) is 24.3 Å². The summed E-state index contributed by atoms with van der Waals surface area (Å²) in [4.78, 5) is 24.9. The number of carbonyl (C=O) groups excluding carboxylic acids is 2. The average molecular weight is 233 g/mol. The second kappa shape index (κ2) is 4.97. The van der Waals surface area contributed by atoms with Crippen molar-refractivity contribution in [3.05, 3.63) is 29.8 Å². The van der Waals surface area contributed by atoms with Gasteiger partial charge in [0.2, 0.25) is 11.8 Å². The van der Waals surface area contributed by atoms with Gasteiger partial charge in [-0.15, -0.1) is 0 Å². The highest BCUT2D eigenvalue weighted by molar-refractivity contribution is 6.00. The largest absolute Gasteiger partial charge is 0.358 e. The lowest BCUT2D eigenvalue weighted by molar-refractivity contribution is -0.123. The maximum atomic E-state index is 11.9. The van der Waals surface area contributed by atoms with E-state index >= 15 is 0 Å². The standard InChI is InChI=1S/C12H15N3O2/c1-13-11(16)8-15-10-5-3-2-4-9(10)6-14-7-12(15)17/h2-5,14H,6-8H2,1H3,(H,13,16). The third-order valence-electron chi connectivity index (χ3n) is 2.76. The first-order chi connectivity index (χ1) is 8.22. The normalized spacial score (nSPS) is 15.1. The van der Waals surface area contributed by atoms with Gasteiger partial charge in [-0.3, -0.25) is 9.59 Å². The fourth-order valence-electron chi connectivity index (χ4n) is 1.85. The molecule has 0 unspecified atom stereocenters. The summed E-state index contributed by atoms with van der Waals surface area (Å²) in [6.45, 7) is 0.964. The summed E-state index contributed by atoms with van der Waals surface area (Å²) < 4.78 is 0. The molecule has 1 aliphatic rings. The molecule has 2 rings (SSSR count). The van der Waals surface area contributed by atoms with Crippen LogP contribution in [0.25, 0.3) is 0 Å². The molecule has 1 aromatic carbocycles. The van der Waals surface area contributed by atoms with E-state index in [0.29, 0.717) is 6.54 Å². The van der Waals surface area contributed by atoms with Gasteiger partial charge in [-0.25, -0.2) is 0 Å². The van der Waals surface area contributed by atoms with E-state index in [9.17, 15) is 9.59 Å². The van der Waals surface area contributed by atoms with Crippen LogP contribution in [-0.4, -0.2) is 32.0 Å². The summed E-state index contributed by atoms with van der Waals surface area (Å²) in [6, 6.07) is 7.61. The van der Waals surface area contributed by atoms with E-state index < -0.39 is 0 Å². The minimum atomic E-state index is -0.171. The van der Waals surface area contributed by atoms with Crippen LogP contribution in [0.2, 0.25) is 0 Å². The quantitative estimate of drug-likeness (QED) is 0.748. The van der Waals surface area contributed by atoms with Gasteiger partial charge in [0, 0.05) is 19.3 Å². The van der Waals surface area contributed by atoms with E-state index in [-0.39, 0.29) is 24.9 Å². The summed E-state index contributed by atoms with van der Waals surface area (Å²) in [7, 11) is 1.56. The van der Waals surface area contributed by atoms with Gasteiger partial charge in [0.05, 0.1) is 6.54 Å². The Hall–Kier alpha value is -1.88. The van der Waals surface area contributed by atoms with Crippen molar-refractivity contribution in [1.29, 1.82) is 0 Å². The number of para-hydroxylation sites is 1. The van der Waals surface area contributed by atoms with Crippen molar-refractivity contribution in [1.82, 2.24) is 10.6 Å². The van der Waals surface area contributed by atoms with Gasteiger partial charge in [0.25, 0.3) is 0 Å². The van der Waals surface area contributed by atoms with Gasteiger partial charge in [-0.1, -0.05) is 18.2 Å². The summed E-state index contributed by atoms with van der Waals surface area (Å²) in [5.41, 5.74) is 1.84. The first kappa shape index (κ1) is 11.6. The number of rotatable bonds is 2. The molecule has 5 nitrogen and oxygen atoms in total. The van der Waals surface area contributed by atoms with Crippen LogP contribution in [0.1, 0.15) is 5.56 Å². The number of hydrogen-bond donors (Lipinski definition) is 2. The molecule has 2 amide bonds. The molecule has 0 fully saturated rings. The Bertz CT molecular complexity index is 445. The lowest BCUT2D eigenvalue weighted by Gasteiger charge is -2.21. The highest BCUT2D eigenvalue weighted by Gasteiger charge is 2.23. The highest BCUT2D eigenvalue weighted by Crippen LogP contribution is 2.22. The average Bonchev–Trinajstić information content (AvgIpc) is 2.50. The minimum absolute atomic E-state index is 0.0635. The Labute approximate surface area is 99.8 Å². The first-order valence-electron chi connectivity index (χ1n) is 5.52. The van der Waals surface area contributed by atoms with E-state index in [2.05, 4.69) is 10.6 Å². The van der Waals surface area contributed by atoms with Crippen LogP contribution < -0.4 is 15.5 Å². The molecule has 0 radical (unpaired) electrons. The SMILES string of the molecule is CNC(=O)CN1C(=O)CNCc2ccccc21. The number of nitrogens with one attached hydrogen (secondary N) is 2. The highest BCUT2D eigenvalue weighted by atomic mass is 16.2. The second-order valence-electron chi connectivity index (χ2n) is 3.89. The Kier molecular flexibility index (Phi) is 3.39. The van der Waals surface area contributed by atoms with E-state index in [1.54, 1.807) is 7.05 Å². The fraction of sp³-hybridized carbons (Fsp3) is 0.333. The van der Waals surface area contributed by atoms with Gasteiger partial charge < -0.3 is 15.5 Å². The lowest BCUT2D eigenvalue weighted by atomic mass is 10.1. The molecule has 0 saturated carbocycles. The summed E-state index contributed by atoms with van der Waals surface area (Å²) in [5, 5.41) is 5.58. The maximum Gasteiger partial charge on any atom is 0.241 e. The van der Waals surface area contributed by atoms with Gasteiger partial charge in [-0.05, 0) is 11.6 Å². The van der Waals surface area contributed by atoms with Crippen LogP contribution in [0.3, 0.4) is 0 Å². The van der Waals surface area contributed by atoms with Crippen molar-refractivity contribution >= 4 is 17.5 Å². The molecular formula is C12H15N3O2. The number of carbonyl (C=O) groups is 2. The number of fused-ring (bicyclic) bond motifs is 1. The smallest absolute Gasteiger partial charge is 0.241 e. The maximum absolute atomic E-state index is 11.9. The third kappa shape index (κ3) is 2.45. The molecule has 5 heteroatoms. The van der Waals surface area contributed by atoms with E-state index in [4.69, 9.17) is 0 Å². The number of anilines is 1. The van der Waals surface area contributed by atoms with Crippen molar-refractivity contribution in [2.24, 2.45) is 0 Å². The topological polar surface area (TPSA) is 61.4 Å². The molecule has 0 aliphatic carbocycles. The van der Waals surface area contributed by atoms with E-state index in [1.807, 2.05) is 24.3 Å². The van der Waals surface area contributed by atoms with E-state index in [1.165, 1.54) is 4.90 Å². The second-order valence-corrected chi connectivity index (χ2v) is 3.89. The van der Waals surface area contributed by atoms with Crippen molar-refractivity contribution in [2.45, 2.75) is 6.54 Å². The van der Waals surface area contributed by atoms with Gasteiger partial charge in [0.15, 0.2) is 0 Å². The predicted molar refractivity (Wildman–Crippen MR) is 64.6 cm³/mol. The Morgan fingerprint density at radius 1 is 1.41 bits per heavy atom. The van der Waals surface area contributed by atoms with Crippen molar-refractivity contribution in [3.8, 4) is 0 Å². The molecular weight excluding hydrogens is 218 g/mol. The molecule has 1 aliphatic heterocycles. The zero-order chi connectivity index (χ0) is 12.3. The molecule has 0 bridgehead atoms. The summed E-state index contributed by atoms with van der Waals surface area (Å²) in [5.74, 6) is -0.256. The van der Waals surface area contributed by atoms with Crippen LogP contribution in [0.4, 0.5) is 5.69 Å². The summed E-state index contributed by atoms with van der Waals surface area (Å²) in [6.07, 6.45) is 0. The minimum Gasteiger partial charge on any atom is -0.358 e. The molecule has 0 atom stereocenters. The number of hydrogen-bond acceptors (Lipinski definition) is 3. The number of nitrogens with zero attached hydrogens (tertiary/aromatic N) is 1. The van der Waals surface area contributed by atoms with Gasteiger partial charge in [-0.2, -0.15) is 0 Å². The summed E-state index contributed by atoms with van der Waals surface area (Å²) >= 11 is 0. The Morgan fingerprint density at radius 2 is 2.18 bits per heavy atom. The van der Waals surface area contributed by atoms with Crippen LogP contribution in [0, 0.1) is 0 Å². The lowest BCUT2D eigenvalue weighted by Crippen LogP contribution is -2.42. The molecule has 2 N–H and O–H groups in total. The monoisotopic (exact) mass is 233 g/mol. The zero-order valence-electron chi connectivity index (χ0n) is 9.69. The van der Waals surface area contributed by atoms with Crippen LogP contribution in [0.5, 0.6) is 0 Å². The fourth-order valence-corrected chi connectivity index (χ4v) is 1.85. The predicted octanol–water partition coefficient (Wildman–Crippen LogP) is -0.131. The van der Waals surface area contributed by atoms with Crippen molar-refractivity contribution in [3.63, 3.8) is 0 Å². The zero-order valence-corrected chi connectivity index (χ0v) is 9.69. The molecule has 1 aromatic rings. The molecule has 0 aromatic heterocycles. The van der Waals surface area contributed by atoms with Gasteiger partial charge >= 0.3 is 0 Å². The van der Waals surface area contributed by atoms with Crippen LogP contribution in [-0.2, 0) is 16.1 Å². The molecule has 0 saturated heterocycles. The first-order valence-corrected chi connectivity index (χ1v) is 5.52. The van der Waals surface area contributed by atoms with Crippen molar-refractivity contribution < 1.29 is 9.59 Å². The number of benzene rings is 1. The van der Waals surface area contributed by atoms with Gasteiger partial charge in [0.1, 0.15) is 6.54 Å². The van der Waals surface area contributed by atoms with Crippen LogP contribution >= 0.6 is 0 Å². The number of likely N-dealkylation sites (N-methyl/N-ethyl adjacent to an activating group) is 1. The third-order valence-corrected chi connectivity index (χ3v) is 2.76. The molecule has 0 spiro atoms. The molecule has 90 valence electrons. The molecule has 1 heterocycles. The Morgan fingerprint density at radius 3 is 2.94 bits per heavy atom. The number of amides is 2. The Balaban J connectivity index is 2.33. The van der Waals surface area contributed by atoms with Crippen molar-refractivity contribution in [2.75, 3.05) is 25.0 Å². The molecule has 17 heavy (non-hydrogen) atoms. The van der Waals surface area contributed by atoms with E-state index in [0.717, 1.165) is 11.3 Å².